The maximum Gasteiger partial charge on any atom is 0.259 e. The van der Waals surface area contributed by atoms with Gasteiger partial charge in [0.2, 0.25) is 34.1 Å². The Morgan fingerprint density at radius 1 is 1.05 bits per heavy atom. The maximum atomic E-state index is 15.0. The molecule has 4 aromatic rings. The van der Waals surface area contributed by atoms with Crippen LogP contribution in [0.2, 0.25) is 0 Å². The molecule has 320 valence electrons. The minimum Gasteiger partial charge on any atom is -0.471 e. The topological polar surface area (TPSA) is 173 Å². The van der Waals surface area contributed by atoms with Crippen LogP contribution in [0, 0.1) is 16.7 Å². The van der Waals surface area contributed by atoms with Gasteiger partial charge in [0.05, 0.1) is 34.4 Å². The lowest BCUT2D eigenvalue weighted by Crippen LogP contribution is -2.59. The molecule has 3 amide bonds. The van der Waals surface area contributed by atoms with Gasteiger partial charge in [-0.15, -0.1) is 11.3 Å². The van der Waals surface area contributed by atoms with Crippen molar-refractivity contribution in [2.75, 3.05) is 11.9 Å². The van der Waals surface area contributed by atoms with Crippen molar-refractivity contribution in [3.63, 3.8) is 0 Å². The highest BCUT2D eigenvalue weighted by Gasteiger charge is 2.67. The first-order chi connectivity index (χ1) is 28.3. The molecular formula is C43H51F2N7O6S2. The number of aromatic nitrogens is 3. The number of hydrogen-bond donors (Lipinski definition) is 3. The number of sulfonamides is 1. The summed E-state index contributed by atoms with van der Waals surface area (Å²) in [7, 11) is -4.12. The number of anilines is 1. The number of amides is 3. The average molecular weight is 864 g/mol. The van der Waals surface area contributed by atoms with E-state index < -0.39 is 80.9 Å². The Morgan fingerprint density at radius 3 is 2.47 bits per heavy atom. The quantitative estimate of drug-likeness (QED) is 0.200. The van der Waals surface area contributed by atoms with Crippen molar-refractivity contribution in [1.29, 1.82) is 0 Å². The molecule has 0 spiro atoms. The third-order valence-corrected chi connectivity index (χ3v) is 14.7. The molecule has 3 N–H and O–H groups in total. The molecule has 8 rings (SSSR count). The number of carbonyl (C=O) groups excluding carboxylic acids is 3. The third-order valence-electron chi connectivity index (χ3n) is 12.0. The molecule has 0 unspecified atom stereocenters. The number of para-hydroxylation sites is 2. The molecule has 2 aromatic heterocycles. The molecular weight excluding hydrogens is 813 g/mol. The van der Waals surface area contributed by atoms with Gasteiger partial charge in [-0.1, -0.05) is 65.0 Å². The van der Waals surface area contributed by atoms with E-state index in [1.165, 1.54) is 16.2 Å². The number of halogens is 2. The number of carbonyl (C=O) groups is 3. The van der Waals surface area contributed by atoms with E-state index in [4.69, 9.17) is 19.7 Å². The second kappa shape index (κ2) is 15.6. The molecule has 13 nitrogen and oxygen atoms in total. The van der Waals surface area contributed by atoms with Gasteiger partial charge in [-0.25, -0.2) is 32.2 Å². The predicted octanol–water partition coefficient (Wildman–Crippen LogP) is 6.28. The van der Waals surface area contributed by atoms with Gasteiger partial charge in [-0.2, -0.15) is 0 Å². The highest BCUT2D eigenvalue weighted by atomic mass is 32.2. The number of alkyl halides is 2. The monoisotopic (exact) mass is 863 g/mol. The highest BCUT2D eigenvalue weighted by molar-refractivity contribution is 7.91. The highest BCUT2D eigenvalue weighted by Crippen LogP contribution is 2.49. The molecule has 6 bridgehead atoms. The number of nitrogens with zero attached hydrogens (tertiary/aromatic N) is 4. The summed E-state index contributed by atoms with van der Waals surface area (Å²) < 4.78 is 62.8. The van der Waals surface area contributed by atoms with Crippen molar-refractivity contribution in [1.82, 2.24) is 29.9 Å². The zero-order chi connectivity index (χ0) is 42.8. The summed E-state index contributed by atoms with van der Waals surface area (Å²) in [6.45, 7) is 10.0. The van der Waals surface area contributed by atoms with Gasteiger partial charge in [-0.3, -0.25) is 19.1 Å². The van der Waals surface area contributed by atoms with Crippen molar-refractivity contribution in [3.05, 3.63) is 65.2 Å². The summed E-state index contributed by atoms with van der Waals surface area (Å²) in [5.41, 5.74) is 1.53. The van der Waals surface area contributed by atoms with E-state index in [0.29, 0.717) is 34.7 Å². The fraction of sp³-hybridized carbons (Fsp3) is 0.535. The molecule has 4 heterocycles. The summed E-state index contributed by atoms with van der Waals surface area (Å²) in [4.78, 5) is 59.1. The van der Waals surface area contributed by atoms with Gasteiger partial charge in [0, 0.05) is 17.4 Å². The fourth-order valence-electron chi connectivity index (χ4n) is 8.44. The Labute approximate surface area is 352 Å². The zero-order valence-corrected chi connectivity index (χ0v) is 36.0. The van der Waals surface area contributed by atoms with Crippen LogP contribution in [-0.4, -0.2) is 87.9 Å². The van der Waals surface area contributed by atoms with Crippen LogP contribution in [-0.2, 0) is 37.2 Å². The Hall–Kier alpha value is -4.77. The van der Waals surface area contributed by atoms with E-state index in [9.17, 15) is 31.6 Å². The van der Waals surface area contributed by atoms with Crippen molar-refractivity contribution >= 4 is 55.2 Å². The normalized spacial score (nSPS) is 25.8. The van der Waals surface area contributed by atoms with Crippen molar-refractivity contribution < 1.29 is 36.3 Å². The number of rotatable bonds is 6. The van der Waals surface area contributed by atoms with E-state index in [0.717, 1.165) is 42.5 Å². The Balaban J connectivity index is 1.18. The molecule has 2 aromatic carbocycles. The van der Waals surface area contributed by atoms with Crippen LogP contribution < -0.4 is 20.1 Å². The van der Waals surface area contributed by atoms with E-state index in [2.05, 4.69) is 36.6 Å². The summed E-state index contributed by atoms with van der Waals surface area (Å²) in [5, 5.41) is 7.61. The summed E-state index contributed by atoms with van der Waals surface area (Å²) in [6.07, 6.45) is -0.262. The third kappa shape index (κ3) is 8.70. The summed E-state index contributed by atoms with van der Waals surface area (Å²) >= 11 is 1.39. The van der Waals surface area contributed by atoms with Crippen LogP contribution in [0.4, 0.5) is 13.9 Å². The minimum absolute atomic E-state index is 0.0692. The molecule has 4 aliphatic rings. The first-order valence-corrected chi connectivity index (χ1v) is 22.9. The maximum absolute atomic E-state index is 15.0. The lowest BCUT2D eigenvalue weighted by molar-refractivity contribution is -0.141. The van der Waals surface area contributed by atoms with E-state index in [1.54, 1.807) is 0 Å². The van der Waals surface area contributed by atoms with Gasteiger partial charge >= 0.3 is 0 Å². The number of thiazole rings is 1. The summed E-state index contributed by atoms with van der Waals surface area (Å²) in [5.74, 6) is -3.98. The average Bonchev–Trinajstić information content (AvgIpc) is 4.08. The second-order valence-corrected chi connectivity index (χ2v) is 21.4. The van der Waals surface area contributed by atoms with Crippen LogP contribution in [0.5, 0.6) is 5.88 Å². The van der Waals surface area contributed by atoms with E-state index in [-0.39, 0.29) is 24.3 Å². The molecule has 5 atom stereocenters. The molecule has 60 heavy (non-hydrogen) atoms. The van der Waals surface area contributed by atoms with E-state index >= 15 is 0 Å². The SMILES string of the molecule is CC1(C)CCCc2cccc(c2)-c2nc3ccccc3nc2O[C@@H]2C[C@@H](C(=O)N[C@]3(C(=O)NS(=O)(=O)C4CC4)C[C@H]3C(F)F)N(C2)C(=O)[C@H](C(C)(C)C)Nc2nc(cs2)C1. The summed E-state index contributed by atoms with van der Waals surface area (Å²) in [6, 6.07) is 13.3. The molecule has 17 heteroatoms. The van der Waals surface area contributed by atoms with Gasteiger partial charge in [-0.05, 0) is 79.5 Å². The molecule has 0 radical (unpaired) electrons. The molecule has 1 saturated heterocycles. The first kappa shape index (κ1) is 41.9. The molecule has 3 fully saturated rings. The lowest BCUT2D eigenvalue weighted by Gasteiger charge is -2.35. The van der Waals surface area contributed by atoms with Crippen LogP contribution in [0.1, 0.15) is 84.4 Å². The molecule has 2 aliphatic carbocycles. The minimum atomic E-state index is -4.12. The number of benzene rings is 2. The van der Waals surface area contributed by atoms with Crippen LogP contribution in [0.15, 0.2) is 53.9 Å². The predicted molar refractivity (Wildman–Crippen MR) is 224 cm³/mol. The second-order valence-electron chi connectivity index (χ2n) is 18.6. The molecule has 2 saturated carbocycles. The number of ether oxygens (including phenoxy) is 1. The number of hydrogen-bond acceptors (Lipinski definition) is 11. The van der Waals surface area contributed by atoms with Crippen molar-refractivity contribution in [2.45, 2.75) is 121 Å². The fourth-order valence-corrected chi connectivity index (χ4v) is 10.5. The number of aryl methyl sites for hydroxylation is 1. The Kier molecular flexibility index (Phi) is 10.9. The Morgan fingerprint density at radius 2 is 1.78 bits per heavy atom. The van der Waals surface area contributed by atoms with Gasteiger partial charge in [0.1, 0.15) is 29.4 Å². The standard InChI is InChI=1S/C43H51F2N7O6S2/c1-41(2,3)34-38(54)52-22-27(19-32(52)36(53)50-43(21-29(43)35(44)45)39(55)51-60(56,57)28-15-16-28)58-37-33(47-30-13-6-7-14-31(30)48-37)25-12-8-10-24(18-25)11-9-17-42(4,5)20-26-23-59-40(46-26)49-34/h6-8,10,12-14,18,23,27-29,32,34-35H,9,11,15-17,19-22H2,1-5H3,(H,46,49)(H,50,53)(H,51,55)/t27-,29+,32+,34-,43-/m1/s1. The van der Waals surface area contributed by atoms with Crippen molar-refractivity contribution in [3.8, 4) is 17.1 Å². The largest absolute Gasteiger partial charge is 0.471 e. The lowest BCUT2D eigenvalue weighted by atomic mass is 9.82. The zero-order valence-electron chi connectivity index (χ0n) is 34.3. The van der Waals surface area contributed by atoms with Crippen molar-refractivity contribution in [2.24, 2.45) is 16.7 Å². The smallest absolute Gasteiger partial charge is 0.259 e. The number of fused-ring (bicyclic) bond motifs is 9. The van der Waals surface area contributed by atoms with E-state index in [1.807, 2.05) is 67.3 Å². The Bertz CT molecular complexity index is 2430. The molecule has 2 aliphatic heterocycles. The van der Waals surface area contributed by atoms with Gasteiger partial charge < -0.3 is 20.3 Å². The first-order valence-electron chi connectivity index (χ1n) is 20.5. The van der Waals surface area contributed by atoms with Crippen LogP contribution in [0.3, 0.4) is 0 Å². The van der Waals surface area contributed by atoms with Crippen LogP contribution in [0.25, 0.3) is 22.3 Å². The van der Waals surface area contributed by atoms with Gasteiger partial charge in [0.25, 0.3) is 5.91 Å². The van der Waals surface area contributed by atoms with Gasteiger partial charge in [0.15, 0.2) is 5.13 Å². The van der Waals surface area contributed by atoms with Crippen LogP contribution >= 0.6 is 11.3 Å². The number of nitrogens with one attached hydrogen (secondary N) is 3.